The van der Waals surface area contributed by atoms with E-state index in [-0.39, 0.29) is 11.3 Å². The third kappa shape index (κ3) is 2.44. The first-order valence-electron chi connectivity index (χ1n) is 5.58. The summed E-state index contributed by atoms with van der Waals surface area (Å²) in [6.07, 6.45) is 0. The van der Waals surface area contributed by atoms with Gasteiger partial charge in [0.25, 0.3) is 5.69 Å². The number of rotatable bonds is 3. The predicted molar refractivity (Wildman–Crippen MR) is 70.2 cm³/mol. The monoisotopic (exact) mass is 257 g/mol. The highest BCUT2D eigenvalue weighted by molar-refractivity contribution is 5.97. The van der Waals surface area contributed by atoms with Crippen molar-refractivity contribution in [2.75, 3.05) is 0 Å². The van der Waals surface area contributed by atoms with Crippen LogP contribution in [-0.4, -0.2) is 16.0 Å². The maximum atomic E-state index is 11.3. The molecule has 0 radical (unpaired) electrons. The highest BCUT2D eigenvalue weighted by atomic mass is 16.6. The summed E-state index contributed by atoms with van der Waals surface area (Å²) in [6.45, 7) is 1.70. The molecule has 96 valence electrons. The van der Waals surface area contributed by atoms with Crippen LogP contribution in [0.1, 0.15) is 15.9 Å². The van der Waals surface area contributed by atoms with Crippen molar-refractivity contribution in [3.05, 3.63) is 63.7 Å². The van der Waals surface area contributed by atoms with Crippen LogP contribution in [0.15, 0.2) is 42.5 Å². The van der Waals surface area contributed by atoms with Crippen LogP contribution < -0.4 is 0 Å². The van der Waals surface area contributed by atoms with Gasteiger partial charge in [0.2, 0.25) is 0 Å². The maximum Gasteiger partial charge on any atom is 0.336 e. The van der Waals surface area contributed by atoms with Gasteiger partial charge < -0.3 is 5.11 Å². The number of hydrogen-bond acceptors (Lipinski definition) is 3. The zero-order valence-corrected chi connectivity index (χ0v) is 10.2. The molecule has 0 atom stereocenters. The Kier molecular flexibility index (Phi) is 3.29. The Balaban J connectivity index is 2.65. The van der Waals surface area contributed by atoms with Crippen LogP contribution in [0.4, 0.5) is 5.69 Å². The molecule has 0 amide bonds. The highest BCUT2D eigenvalue weighted by Gasteiger charge is 2.16. The van der Waals surface area contributed by atoms with Gasteiger partial charge in [-0.3, -0.25) is 10.1 Å². The van der Waals surface area contributed by atoms with E-state index in [0.717, 1.165) is 0 Å². The summed E-state index contributed by atoms with van der Waals surface area (Å²) in [4.78, 5) is 21.6. The number of nitro groups is 1. The summed E-state index contributed by atoms with van der Waals surface area (Å²) in [7, 11) is 0. The maximum absolute atomic E-state index is 11.3. The second-order valence-corrected chi connectivity index (χ2v) is 4.11. The highest BCUT2D eigenvalue weighted by Crippen LogP contribution is 2.28. The second kappa shape index (κ2) is 4.89. The third-order valence-corrected chi connectivity index (χ3v) is 2.85. The molecule has 5 heteroatoms. The van der Waals surface area contributed by atoms with Gasteiger partial charge in [0.05, 0.1) is 10.5 Å². The molecule has 0 unspecified atom stereocenters. The summed E-state index contributed by atoms with van der Waals surface area (Å²) in [5.41, 5.74) is 1.74. The van der Waals surface area contributed by atoms with E-state index in [2.05, 4.69) is 0 Å². The van der Waals surface area contributed by atoms with E-state index in [1.165, 1.54) is 12.1 Å². The molecule has 0 spiro atoms. The van der Waals surface area contributed by atoms with E-state index in [1.807, 2.05) is 0 Å². The van der Waals surface area contributed by atoms with Gasteiger partial charge in [-0.2, -0.15) is 0 Å². The van der Waals surface area contributed by atoms with Crippen molar-refractivity contribution in [1.29, 1.82) is 0 Å². The smallest absolute Gasteiger partial charge is 0.336 e. The number of nitro benzene ring substituents is 1. The fourth-order valence-electron chi connectivity index (χ4n) is 1.98. The Morgan fingerprint density at radius 2 is 1.89 bits per heavy atom. The van der Waals surface area contributed by atoms with Crippen molar-refractivity contribution < 1.29 is 14.8 Å². The summed E-state index contributed by atoms with van der Waals surface area (Å²) in [5.74, 6) is -1.04. The van der Waals surface area contributed by atoms with E-state index in [4.69, 9.17) is 0 Å². The first-order chi connectivity index (χ1) is 9.00. The number of aromatic carboxylic acids is 1. The number of nitrogens with zero attached hydrogens (tertiary/aromatic N) is 1. The molecule has 1 N–H and O–H groups in total. The van der Waals surface area contributed by atoms with Crippen LogP contribution in [0.5, 0.6) is 0 Å². The first-order valence-corrected chi connectivity index (χ1v) is 5.58. The third-order valence-electron chi connectivity index (χ3n) is 2.85. The fraction of sp³-hybridized carbons (Fsp3) is 0.0714. The zero-order valence-electron chi connectivity index (χ0n) is 10.2. The Labute approximate surface area is 109 Å². The van der Waals surface area contributed by atoms with Gasteiger partial charge in [-0.1, -0.05) is 30.3 Å². The molecule has 0 heterocycles. The molecule has 2 rings (SSSR count). The van der Waals surface area contributed by atoms with Gasteiger partial charge in [0.15, 0.2) is 0 Å². The normalized spacial score (nSPS) is 10.2. The summed E-state index contributed by atoms with van der Waals surface area (Å²) >= 11 is 0. The number of carboxylic acids is 1. The largest absolute Gasteiger partial charge is 0.478 e. The van der Waals surface area contributed by atoms with E-state index < -0.39 is 10.9 Å². The molecule has 0 aliphatic rings. The number of carbonyl (C=O) groups is 1. The van der Waals surface area contributed by atoms with Crippen molar-refractivity contribution in [2.24, 2.45) is 0 Å². The Hall–Kier alpha value is -2.69. The fourth-order valence-corrected chi connectivity index (χ4v) is 1.98. The molecule has 0 aromatic heterocycles. The summed E-state index contributed by atoms with van der Waals surface area (Å²) in [6, 6.07) is 11.0. The molecule has 0 saturated carbocycles. The van der Waals surface area contributed by atoms with E-state index >= 15 is 0 Å². The number of aryl methyl sites for hydroxylation is 1. The zero-order chi connectivity index (χ0) is 14.0. The molecule has 0 fully saturated rings. The van der Waals surface area contributed by atoms with Crippen molar-refractivity contribution >= 4 is 11.7 Å². The van der Waals surface area contributed by atoms with Crippen LogP contribution in [-0.2, 0) is 0 Å². The Morgan fingerprint density at radius 1 is 1.21 bits per heavy atom. The van der Waals surface area contributed by atoms with Crippen molar-refractivity contribution in [2.45, 2.75) is 6.92 Å². The minimum Gasteiger partial charge on any atom is -0.478 e. The molecule has 5 nitrogen and oxygen atoms in total. The van der Waals surface area contributed by atoms with Crippen molar-refractivity contribution in [3.8, 4) is 11.1 Å². The van der Waals surface area contributed by atoms with Gasteiger partial charge in [0.1, 0.15) is 0 Å². The molecule has 0 aliphatic carbocycles. The summed E-state index contributed by atoms with van der Waals surface area (Å²) < 4.78 is 0. The quantitative estimate of drug-likeness (QED) is 0.675. The van der Waals surface area contributed by atoms with Crippen LogP contribution in [0.25, 0.3) is 11.1 Å². The second-order valence-electron chi connectivity index (χ2n) is 4.11. The van der Waals surface area contributed by atoms with Gasteiger partial charge in [-0.15, -0.1) is 0 Å². The molecular formula is C14H11NO4. The molecule has 2 aromatic rings. The van der Waals surface area contributed by atoms with E-state index in [1.54, 1.807) is 37.3 Å². The van der Waals surface area contributed by atoms with E-state index in [0.29, 0.717) is 16.7 Å². The summed E-state index contributed by atoms with van der Waals surface area (Å²) in [5, 5.41) is 20.0. The molecule has 0 bridgehead atoms. The lowest BCUT2D eigenvalue weighted by molar-refractivity contribution is -0.384. The Bertz CT molecular complexity index is 664. The SMILES string of the molecule is Cc1cccc(-c2cccc([N+](=O)[O-])c2)c1C(=O)O. The topological polar surface area (TPSA) is 80.4 Å². The number of non-ortho nitro benzene ring substituents is 1. The van der Waals surface area contributed by atoms with Crippen molar-refractivity contribution in [3.63, 3.8) is 0 Å². The minimum absolute atomic E-state index is 0.0599. The molecule has 19 heavy (non-hydrogen) atoms. The predicted octanol–water partition coefficient (Wildman–Crippen LogP) is 3.27. The lowest BCUT2D eigenvalue weighted by Crippen LogP contribution is -2.02. The number of benzene rings is 2. The number of carboxylic acid groups (broad SMARTS) is 1. The molecule has 0 saturated heterocycles. The van der Waals surface area contributed by atoms with Gasteiger partial charge in [-0.05, 0) is 23.6 Å². The Morgan fingerprint density at radius 3 is 2.53 bits per heavy atom. The molecule has 0 aliphatic heterocycles. The molecule has 2 aromatic carbocycles. The number of hydrogen-bond donors (Lipinski definition) is 1. The van der Waals surface area contributed by atoms with Crippen LogP contribution in [0.3, 0.4) is 0 Å². The van der Waals surface area contributed by atoms with Gasteiger partial charge >= 0.3 is 5.97 Å². The lowest BCUT2D eigenvalue weighted by atomic mass is 9.96. The van der Waals surface area contributed by atoms with Crippen molar-refractivity contribution in [1.82, 2.24) is 0 Å². The first kappa shape index (κ1) is 12.8. The van der Waals surface area contributed by atoms with Crippen LogP contribution >= 0.6 is 0 Å². The van der Waals surface area contributed by atoms with E-state index in [9.17, 15) is 20.0 Å². The standard InChI is InChI=1S/C14H11NO4/c1-9-4-2-7-12(13(9)14(16)17)10-5-3-6-11(8-10)15(18)19/h2-8H,1H3,(H,16,17). The average molecular weight is 257 g/mol. The molecular weight excluding hydrogens is 246 g/mol. The average Bonchev–Trinajstić information content (AvgIpc) is 2.38. The van der Waals surface area contributed by atoms with Gasteiger partial charge in [0, 0.05) is 12.1 Å². The van der Waals surface area contributed by atoms with Crippen LogP contribution in [0.2, 0.25) is 0 Å². The lowest BCUT2D eigenvalue weighted by Gasteiger charge is -2.08. The minimum atomic E-state index is -1.04. The van der Waals surface area contributed by atoms with Crippen LogP contribution in [0, 0.1) is 17.0 Å². The van der Waals surface area contributed by atoms with Gasteiger partial charge in [-0.25, -0.2) is 4.79 Å².